The lowest BCUT2D eigenvalue weighted by molar-refractivity contribution is 0.609. The third kappa shape index (κ3) is 1.93. The number of aryl methyl sites for hydroxylation is 2. The second-order valence-corrected chi connectivity index (χ2v) is 6.38. The topological polar surface area (TPSA) is 43.8 Å². The first-order valence-corrected chi connectivity index (χ1v) is 6.79. The highest BCUT2D eigenvalue weighted by atomic mass is 15.3. The van der Waals surface area contributed by atoms with Gasteiger partial charge >= 0.3 is 0 Å². The van der Waals surface area contributed by atoms with Gasteiger partial charge in [-0.1, -0.05) is 43.7 Å². The SMILES string of the molecule is Cc1cccc(-c2c(C3CC3(C)C)nn(C)c2N)c1. The van der Waals surface area contributed by atoms with Crippen molar-refractivity contribution in [3.8, 4) is 11.1 Å². The summed E-state index contributed by atoms with van der Waals surface area (Å²) in [5.41, 5.74) is 11.3. The largest absolute Gasteiger partial charge is 0.383 e. The Morgan fingerprint density at radius 3 is 2.63 bits per heavy atom. The van der Waals surface area contributed by atoms with E-state index in [0.717, 1.165) is 17.1 Å². The first kappa shape index (κ1) is 12.3. The smallest absolute Gasteiger partial charge is 0.129 e. The van der Waals surface area contributed by atoms with Gasteiger partial charge in [-0.2, -0.15) is 5.10 Å². The zero-order valence-electron chi connectivity index (χ0n) is 12.1. The van der Waals surface area contributed by atoms with Crippen molar-refractivity contribution in [1.82, 2.24) is 9.78 Å². The highest BCUT2D eigenvalue weighted by Crippen LogP contribution is 2.60. The summed E-state index contributed by atoms with van der Waals surface area (Å²) < 4.78 is 1.81. The summed E-state index contributed by atoms with van der Waals surface area (Å²) >= 11 is 0. The molecule has 1 aromatic carbocycles. The second-order valence-electron chi connectivity index (χ2n) is 6.38. The Balaban J connectivity index is 2.15. The molecule has 1 aliphatic rings. The Labute approximate surface area is 114 Å². The summed E-state index contributed by atoms with van der Waals surface area (Å²) in [7, 11) is 1.92. The average molecular weight is 255 g/mol. The van der Waals surface area contributed by atoms with Crippen LogP contribution in [0.25, 0.3) is 11.1 Å². The van der Waals surface area contributed by atoms with Crippen molar-refractivity contribution < 1.29 is 0 Å². The van der Waals surface area contributed by atoms with Crippen LogP contribution >= 0.6 is 0 Å². The Bertz CT molecular complexity index is 637. The number of benzene rings is 1. The molecule has 0 saturated heterocycles. The Hall–Kier alpha value is -1.77. The first-order valence-electron chi connectivity index (χ1n) is 6.79. The van der Waals surface area contributed by atoms with Gasteiger partial charge in [-0.15, -0.1) is 0 Å². The maximum Gasteiger partial charge on any atom is 0.129 e. The molecule has 0 spiro atoms. The van der Waals surface area contributed by atoms with E-state index in [2.05, 4.69) is 50.1 Å². The molecule has 1 saturated carbocycles. The summed E-state index contributed by atoms with van der Waals surface area (Å²) in [6.07, 6.45) is 1.20. The summed E-state index contributed by atoms with van der Waals surface area (Å²) in [6, 6.07) is 8.50. The van der Waals surface area contributed by atoms with E-state index < -0.39 is 0 Å². The van der Waals surface area contributed by atoms with Crippen LogP contribution in [0, 0.1) is 12.3 Å². The van der Waals surface area contributed by atoms with E-state index in [9.17, 15) is 0 Å². The van der Waals surface area contributed by atoms with Crippen LogP contribution in [0.2, 0.25) is 0 Å². The number of nitrogen functional groups attached to an aromatic ring is 1. The molecule has 3 nitrogen and oxygen atoms in total. The molecule has 3 heteroatoms. The van der Waals surface area contributed by atoms with Crippen LogP contribution in [0.4, 0.5) is 5.82 Å². The molecule has 0 amide bonds. The minimum absolute atomic E-state index is 0.360. The third-order valence-electron chi connectivity index (χ3n) is 4.27. The van der Waals surface area contributed by atoms with Crippen LogP contribution < -0.4 is 5.73 Å². The van der Waals surface area contributed by atoms with Gasteiger partial charge in [0.05, 0.1) is 5.69 Å². The number of anilines is 1. The predicted octanol–water partition coefficient (Wildman–Crippen LogP) is 3.49. The van der Waals surface area contributed by atoms with E-state index in [1.807, 2.05) is 7.05 Å². The molecule has 100 valence electrons. The van der Waals surface area contributed by atoms with Crippen molar-refractivity contribution in [2.75, 3.05) is 5.73 Å². The van der Waals surface area contributed by atoms with Crippen molar-refractivity contribution >= 4 is 5.82 Å². The van der Waals surface area contributed by atoms with Crippen molar-refractivity contribution in [3.05, 3.63) is 35.5 Å². The zero-order valence-corrected chi connectivity index (χ0v) is 12.1. The van der Waals surface area contributed by atoms with E-state index in [-0.39, 0.29) is 0 Å². The molecule has 0 radical (unpaired) electrons. The lowest BCUT2D eigenvalue weighted by atomic mass is 9.98. The maximum atomic E-state index is 6.24. The van der Waals surface area contributed by atoms with Crippen LogP contribution in [0.3, 0.4) is 0 Å². The van der Waals surface area contributed by atoms with E-state index in [1.165, 1.54) is 17.5 Å². The van der Waals surface area contributed by atoms with E-state index in [0.29, 0.717) is 11.3 Å². The second kappa shape index (κ2) is 3.86. The summed E-state index contributed by atoms with van der Waals surface area (Å²) in [5.74, 6) is 1.30. The molecule has 1 aliphatic carbocycles. The van der Waals surface area contributed by atoms with Gasteiger partial charge in [0, 0.05) is 18.5 Å². The molecule has 19 heavy (non-hydrogen) atoms. The maximum absolute atomic E-state index is 6.24. The molecular weight excluding hydrogens is 234 g/mol. The van der Waals surface area contributed by atoms with Gasteiger partial charge in [0.2, 0.25) is 0 Å². The molecule has 2 aromatic rings. The lowest BCUT2D eigenvalue weighted by Gasteiger charge is -2.06. The van der Waals surface area contributed by atoms with Crippen LogP contribution in [-0.4, -0.2) is 9.78 Å². The van der Waals surface area contributed by atoms with Gasteiger partial charge in [0.15, 0.2) is 0 Å². The fourth-order valence-electron chi connectivity index (χ4n) is 2.83. The molecule has 1 fully saturated rings. The van der Waals surface area contributed by atoms with E-state index in [1.54, 1.807) is 4.68 Å². The van der Waals surface area contributed by atoms with Crippen LogP contribution in [0.1, 0.15) is 37.4 Å². The Morgan fingerprint density at radius 1 is 1.37 bits per heavy atom. The highest BCUT2D eigenvalue weighted by molar-refractivity contribution is 5.78. The van der Waals surface area contributed by atoms with Crippen LogP contribution in [0.15, 0.2) is 24.3 Å². The molecule has 0 bridgehead atoms. The molecular formula is C16H21N3. The zero-order chi connectivity index (χ0) is 13.8. The molecule has 1 aromatic heterocycles. The first-order chi connectivity index (χ1) is 8.90. The minimum atomic E-state index is 0.360. The summed E-state index contributed by atoms with van der Waals surface area (Å²) in [4.78, 5) is 0. The Morgan fingerprint density at radius 2 is 2.05 bits per heavy atom. The highest BCUT2D eigenvalue weighted by Gasteiger charge is 2.49. The number of aromatic nitrogens is 2. The van der Waals surface area contributed by atoms with Gasteiger partial charge in [-0.05, 0) is 24.3 Å². The van der Waals surface area contributed by atoms with Crippen molar-refractivity contribution in [1.29, 1.82) is 0 Å². The van der Waals surface area contributed by atoms with Crippen LogP contribution in [0.5, 0.6) is 0 Å². The number of nitrogens with two attached hydrogens (primary N) is 1. The van der Waals surface area contributed by atoms with Crippen molar-refractivity contribution in [2.24, 2.45) is 12.5 Å². The normalized spacial score (nSPS) is 20.5. The molecule has 1 atom stereocenters. The van der Waals surface area contributed by atoms with Crippen molar-refractivity contribution in [3.63, 3.8) is 0 Å². The molecule has 3 rings (SSSR count). The average Bonchev–Trinajstić information content (AvgIpc) is 2.86. The number of rotatable bonds is 2. The molecule has 1 unspecified atom stereocenters. The molecule has 1 heterocycles. The van der Waals surface area contributed by atoms with Gasteiger partial charge < -0.3 is 5.73 Å². The quantitative estimate of drug-likeness (QED) is 0.892. The fourth-order valence-corrected chi connectivity index (χ4v) is 2.83. The summed E-state index contributed by atoms with van der Waals surface area (Å²) in [6.45, 7) is 6.70. The number of hydrogen-bond donors (Lipinski definition) is 1. The van der Waals surface area contributed by atoms with Crippen molar-refractivity contribution in [2.45, 2.75) is 33.1 Å². The lowest BCUT2D eigenvalue weighted by Crippen LogP contribution is -1.98. The molecule has 0 aliphatic heterocycles. The summed E-state index contributed by atoms with van der Waals surface area (Å²) in [5, 5.41) is 4.67. The standard InChI is InChI=1S/C16H21N3/c1-10-6-5-7-11(8-10)13-14(12-9-16(12,2)3)18-19(4)15(13)17/h5-8,12H,9,17H2,1-4H3. The van der Waals surface area contributed by atoms with E-state index >= 15 is 0 Å². The van der Waals surface area contributed by atoms with Gasteiger partial charge in [-0.25, -0.2) is 0 Å². The number of nitrogens with zero attached hydrogens (tertiary/aromatic N) is 2. The fraction of sp³-hybridized carbons (Fsp3) is 0.438. The Kier molecular flexibility index (Phi) is 2.49. The van der Waals surface area contributed by atoms with Gasteiger partial charge in [0.25, 0.3) is 0 Å². The molecule has 2 N–H and O–H groups in total. The monoisotopic (exact) mass is 255 g/mol. The van der Waals surface area contributed by atoms with Crippen LogP contribution in [-0.2, 0) is 7.05 Å². The minimum Gasteiger partial charge on any atom is -0.383 e. The third-order valence-corrected chi connectivity index (χ3v) is 4.27. The van der Waals surface area contributed by atoms with Gasteiger partial charge in [0.1, 0.15) is 5.82 Å². The van der Waals surface area contributed by atoms with E-state index in [4.69, 9.17) is 5.73 Å². The van der Waals surface area contributed by atoms with Gasteiger partial charge in [-0.3, -0.25) is 4.68 Å². The number of hydrogen-bond acceptors (Lipinski definition) is 2. The predicted molar refractivity (Wildman–Crippen MR) is 78.9 cm³/mol.